The molecule has 0 aliphatic rings. The van der Waals surface area contributed by atoms with Crippen molar-refractivity contribution in [2.45, 2.75) is 38.6 Å². The van der Waals surface area contributed by atoms with Gasteiger partial charge in [-0.3, -0.25) is 4.98 Å². The zero-order chi connectivity index (χ0) is 14.4. The van der Waals surface area contributed by atoms with Crippen LogP contribution in [0, 0.1) is 0 Å². The van der Waals surface area contributed by atoms with Crippen molar-refractivity contribution in [1.29, 1.82) is 0 Å². The van der Waals surface area contributed by atoms with Crippen molar-refractivity contribution in [3.8, 4) is 0 Å². The number of aliphatic hydroxyl groups is 1. The highest BCUT2D eigenvalue weighted by molar-refractivity contribution is 7.89. The summed E-state index contributed by atoms with van der Waals surface area (Å²) in [4.78, 5) is 3.89. The molecule has 0 saturated heterocycles. The fourth-order valence-electron chi connectivity index (χ4n) is 1.83. The van der Waals surface area contributed by atoms with E-state index in [1.165, 1.54) is 0 Å². The Bertz CT molecular complexity index is 462. The van der Waals surface area contributed by atoms with Gasteiger partial charge in [-0.1, -0.05) is 13.8 Å². The van der Waals surface area contributed by atoms with E-state index >= 15 is 0 Å². The van der Waals surface area contributed by atoms with Crippen LogP contribution < -0.4 is 4.72 Å². The third-order valence-corrected chi connectivity index (χ3v) is 4.92. The molecule has 0 amide bonds. The predicted octanol–water partition coefficient (Wildman–Crippen LogP) is 1.09. The molecule has 2 N–H and O–H groups in total. The first kappa shape index (κ1) is 16.1. The fourth-order valence-corrected chi connectivity index (χ4v) is 3.45. The Morgan fingerprint density at radius 1 is 1.26 bits per heavy atom. The summed E-state index contributed by atoms with van der Waals surface area (Å²) < 4.78 is 26.7. The summed E-state index contributed by atoms with van der Waals surface area (Å²) in [6, 6.07) is 3.60. The van der Waals surface area contributed by atoms with E-state index in [1.54, 1.807) is 24.5 Å². The van der Waals surface area contributed by atoms with E-state index in [1.807, 2.05) is 13.8 Å². The van der Waals surface area contributed by atoms with Gasteiger partial charge < -0.3 is 5.11 Å². The largest absolute Gasteiger partial charge is 0.394 e. The van der Waals surface area contributed by atoms with Gasteiger partial charge in [0, 0.05) is 12.4 Å². The third kappa shape index (κ3) is 4.89. The summed E-state index contributed by atoms with van der Waals surface area (Å²) in [7, 11) is -3.40. The van der Waals surface area contributed by atoms with Gasteiger partial charge in [0.25, 0.3) is 0 Å². The van der Waals surface area contributed by atoms with Gasteiger partial charge in [-0.2, -0.15) is 0 Å². The number of aliphatic hydroxyl groups excluding tert-OH is 1. The van der Waals surface area contributed by atoms with Crippen LogP contribution in [0.4, 0.5) is 0 Å². The number of sulfonamides is 1. The van der Waals surface area contributed by atoms with Crippen LogP contribution in [0.5, 0.6) is 0 Å². The molecule has 0 unspecified atom stereocenters. The van der Waals surface area contributed by atoms with Crippen molar-refractivity contribution < 1.29 is 13.5 Å². The third-order valence-electron chi connectivity index (χ3n) is 3.44. The molecule has 0 bridgehead atoms. The van der Waals surface area contributed by atoms with Crippen LogP contribution in [-0.2, 0) is 16.4 Å². The first-order valence-electron chi connectivity index (χ1n) is 6.48. The lowest BCUT2D eigenvalue weighted by molar-refractivity contribution is 0.172. The summed E-state index contributed by atoms with van der Waals surface area (Å²) in [6.45, 7) is 3.55. The number of nitrogens with zero attached hydrogens (tertiary/aromatic N) is 1. The van der Waals surface area contributed by atoms with Crippen molar-refractivity contribution in [3.63, 3.8) is 0 Å². The average Bonchev–Trinajstić information content (AvgIpc) is 2.44. The number of hydrogen-bond acceptors (Lipinski definition) is 4. The molecule has 1 aromatic rings. The summed E-state index contributed by atoms with van der Waals surface area (Å²) in [5, 5.41) is 9.39. The number of hydrogen-bond donors (Lipinski definition) is 2. The van der Waals surface area contributed by atoms with Gasteiger partial charge in [0.15, 0.2) is 0 Å². The highest BCUT2D eigenvalue weighted by atomic mass is 32.2. The lowest BCUT2D eigenvalue weighted by Crippen LogP contribution is -2.51. The van der Waals surface area contributed by atoms with Crippen LogP contribution in [0.1, 0.15) is 32.3 Å². The van der Waals surface area contributed by atoms with E-state index in [0.717, 1.165) is 5.56 Å². The maximum absolute atomic E-state index is 12.1. The number of nitrogens with one attached hydrogen (secondary N) is 1. The first-order chi connectivity index (χ1) is 8.97. The van der Waals surface area contributed by atoms with Crippen molar-refractivity contribution in [1.82, 2.24) is 9.71 Å². The molecule has 0 radical (unpaired) electrons. The number of pyridine rings is 1. The van der Waals surface area contributed by atoms with Gasteiger partial charge in [0.05, 0.1) is 17.9 Å². The van der Waals surface area contributed by atoms with Crippen molar-refractivity contribution in [2.24, 2.45) is 0 Å². The first-order valence-corrected chi connectivity index (χ1v) is 8.13. The Kier molecular flexibility index (Phi) is 5.90. The van der Waals surface area contributed by atoms with Gasteiger partial charge in [-0.25, -0.2) is 13.1 Å². The summed E-state index contributed by atoms with van der Waals surface area (Å²) in [5.74, 6) is 0.0127. The molecule has 5 nitrogen and oxygen atoms in total. The monoisotopic (exact) mass is 286 g/mol. The number of aromatic nitrogens is 1. The molecule has 0 saturated carbocycles. The zero-order valence-electron chi connectivity index (χ0n) is 11.5. The van der Waals surface area contributed by atoms with Crippen LogP contribution in [0.2, 0.25) is 0 Å². The second-order valence-corrected chi connectivity index (χ2v) is 6.51. The van der Waals surface area contributed by atoms with Gasteiger partial charge in [0.2, 0.25) is 10.0 Å². The van der Waals surface area contributed by atoms with Crippen molar-refractivity contribution in [3.05, 3.63) is 30.1 Å². The minimum Gasteiger partial charge on any atom is -0.394 e. The molecule has 1 rings (SSSR count). The second-order valence-electron chi connectivity index (χ2n) is 4.67. The maximum Gasteiger partial charge on any atom is 0.212 e. The Morgan fingerprint density at radius 3 is 2.32 bits per heavy atom. The van der Waals surface area contributed by atoms with Crippen LogP contribution in [0.15, 0.2) is 24.5 Å². The fraction of sp³-hybridized carbons (Fsp3) is 0.615. The number of aryl methyl sites for hydroxylation is 1. The second kappa shape index (κ2) is 6.98. The van der Waals surface area contributed by atoms with Crippen molar-refractivity contribution >= 4 is 10.0 Å². The molecule has 0 spiro atoms. The highest BCUT2D eigenvalue weighted by Crippen LogP contribution is 2.16. The molecule has 19 heavy (non-hydrogen) atoms. The molecule has 6 heteroatoms. The summed E-state index contributed by atoms with van der Waals surface area (Å²) in [6.07, 6.45) is 4.85. The number of rotatable bonds is 8. The standard InChI is InChI=1S/C13H22N2O3S/c1-3-13(4-2,11-16)15-19(17,18)10-7-12-5-8-14-9-6-12/h5-6,8-9,15-16H,3-4,7,10-11H2,1-2H3. The molecular weight excluding hydrogens is 264 g/mol. The molecular formula is C13H22N2O3S. The quantitative estimate of drug-likeness (QED) is 0.750. The van der Waals surface area contributed by atoms with Gasteiger partial charge in [0.1, 0.15) is 0 Å². The Labute approximate surface area is 115 Å². The van der Waals surface area contributed by atoms with E-state index < -0.39 is 15.6 Å². The summed E-state index contributed by atoms with van der Waals surface area (Å²) >= 11 is 0. The Morgan fingerprint density at radius 2 is 1.84 bits per heavy atom. The van der Waals surface area contributed by atoms with Crippen LogP contribution in [0.25, 0.3) is 0 Å². The molecule has 0 aliphatic heterocycles. The van der Waals surface area contributed by atoms with E-state index in [4.69, 9.17) is 0 Å². The molecule has 0 aromatic carbocycles. The van der Waals surface area contributed by atoms with E-state index in [0.29, 0.717) is 19.3 Å². The van der Waals surface area contributed by atoms with Gasteiger partial charge in [-0.15, -0.1) is 0 Å². The molecule has 0 atom stereocenters. The smallest absolute Gasteiger partial charge is 0.212 e. The Hall–Kier alpha value is -0.980. The van der Waals surface area contributed by atoms with E-state index in [-0.39, 0.29) is 12.4 Å². The average molecular weight is 286 g/mol. The molecule has 108 valence electrons. The molecule has 0 aliphatic carbocycles. The van der Waals surface area contributed by atoms with E-state index in [2.05, 4.69) is 9.71 Å². The van der Waals surface area contributed by atoms with Gasteiger partial charge in [-0.05, 0) is 37.0 Å². The van der Waals surface area contributed by atoms with Crippen LogP contribution in [-0.4, -0.2) is 36.4 Å². The van der Waals surface area contributed by atoms with Crippen LogP contribution >= 0.6 is 0 Å². The van der Waals surface area contributed by atoms with Gasteiger partial charge >= 0.3 is 0 Å². The van der Waals surface area contributed by atoms with E-state index in [9.17, 15) is 13.5 Å². The minimum absolute atomic E-state index is 0.0127. The lowest BCUT2D eigenvalue weighted by Gasteiger charge is -2.30. The summed E-state index contributed by atoms with van der Waals surface area (Å²) in [5.41, 5.74) is 0.194. The SMILES string of the molecule is CCC(CC)(CO)NS(=O)(=O)CCc1ccncc1. The maximum atomic E-state index is 12.1. The molecule has 0 fully saturated rings. The molecule has 1 aromatic heterocycles. The highest BCUT2D eigenvalue weighted by Gasteiger charge is 2.30. The normalized spacial score (nSPS) is 12.6. The topological polar surface area (TPSA) is 79.3 Å². The lowest BCUT2D eigenvalue weighted by atomic mass is 9.96. The van der Waals surface area contributed by atoms with Crippen LogP contribution in [0.3, 0.4) is 0 Å². The molecule has 1 heterocycles. The minimum atomic E-state index is -3.40. The predicted molar refractivity (Wildman–Crippen MR) is 75.3 cm³/mol. The Balaban J connectivity index is 2.66. The zero-order valence-corrected chi connectivity index (χ0v) is 12.3. The van der Waals surface area contributed by atoms with Crippen molar-refractivity contribution in [2.75, 3.05) is 12.4 Å².